The third kappa shape index (κ3) is 3.25. The molecule has 0 saturated heterocycles. The zero-order valence-electron chi connectivity index (χ0n) is 21.4. The van der Waals surface area contributed by atoms with Crippen LogP contribution in [-0.2, 0) is 39.5 Å². The Balaban J connectivity index is 1.60. The summed E-state index contributed by atoms with van der Waals surface area (Å²) in [5.41, 5.74) is 8.89. The lowest BCUT2D eigenvalue weighted by molar-refractivity contribution is -0.172. The number of cyclic esters (lactones) is 1. The largest absolute Gasteiger partial charge is 0.458 e. The fourth-order valence-electron chi connectivity index (χ4n) is 5.78. The highest BCUT2D eigenvalue weighted by atomic mass is 16.6. The molecule has 4 heterocycles. The molecule has 2 atom stereocenters. The Hall–Kier alpha value is -4.08. The van der Waals surface area contributed by atoms with Crippen molar-refractivity contribution >= 4 is 39.2 Å². The van der Waals surface area contributed by atoms with Crippen LogP contribution in [0.3, 0.4) is 0 Å². The molecule has 2 aromatic heterocycles. The molecule has 0 unspecified atom stereocenters. The van der Waals surface area contributed by atoms with Crippen LogP contribution < -0.4 is 16.6 Å². The van der Waals surface area contributed by atoms with E-state index in [1.807, 2.05) is 30.3 Å². The third-order valence-electron chi connectivity index (χ3n) is 7.85. The first-order valence-electron chi connectivity index (χ1n) is 12.8. The molecule has 0 spiro atoms. The first-order chi connectivity index (χ1) is 18.2. The topological polar surface area (TPSA) is 137 Å². The van der Waals surface area contributed by atoms with Crippen LogP contribution in [0.1, 0.15) is 49.4 Å². The van der Waals surface area contributed by atoms with Crippen LogP contribution in [0.4, 0.5) is 5.69 Å². The van der Waals surface area contributed by atoms with E-state index in [0.717, 1.165) is 32.8 Å². The molecule has 0 saturated carbocycles. The lowest BCUT2D eigenvalue weighted by Gasteiger charge is -2.31. The van der Waals surface area contributed by atoms with Crippen LogP contribution >= 0.6 is 0 Å². The molecule has 4 N–H and O–H groups in total. The van der Waals surface area contributed by atoms with E-state index in [1.54, 1.807) is 24.5 Å². The van der Waals surface area contributed by atoms with Crippen molar-refractivity contribution in [1.82, 2.24) is 9.55 Å². The van der Waals surface area contributed by atoms with Crippen molar-refractivity contribution in [3.8, 4) is 11.4 Å². The summed E-state index contributed by atoms with van der Waals surface area (Å²) in [6, 6.07) is 10.7. The van der Waals surface area contributed by atoms with E-state index in [0.29, 0.717) is 41.2 Å². The average molecular weight is 513 g/mol. The Kier molecular flexibility index (Phi) is 5.41. The van der Waals surface area contributed by atoms with Gasteiger partial charge in [-0.2, -0.15) is 0 Å². The minimum absolute atomic E-state index is 0.0910. The number of amides is 1. The summed E-state index contributed by atoms with van der Waals surface area (Å²) in [6.45, 7) is 5.56. The molecule has 0 radical (unpaired) electrons. The highest BCUT2D eigenvalue weighted by Crippen LogP contribution is 2.42. The predicted octanol–water partition coefficient (Wildman–Crippen LogP) is 3.08. The minimum Gasteiger partial charge on any atom is -0.458 e. The van der Waals surface area contributed by atoms with Gasteiger partial charge in [0.25, 0.3) is 5.56 Å². The lowest BCUT2D eigenvalue weighted by Crippen LogP contribution is -2.44. The van der Waals surface area contributed by atoms with Gasteiger partial charge in [0.05, 0.1) is 35.1 Å². The van der Waals surface area contributed by atoms with Crippen LogP contribution in [0, 0.1) is 0 Å². The summed E-state index contributed by atoms with van der Waals surface area (Å²) >= 11 is 0. The number of carbonyl (C=O) groups is 2. The maximum atomic E-state index is 13.6. The maximum Gasteiger partial charge on any atom is 0.343 e. The Morgan fingerprint density at radius 2 is 2.00 bits per heavy atom. The number of hydrogen-bond acceptors (Lipinski definition) is 7. The number of nitrogens with one attached hydrogen (secondary N) is 1. The molecule has 6 rings (SSSR count). The van der Waals surface area contributed by atoms with E-state index < -0.39 is 17.6 Å². The van der Waals surface area contributed by atoms with E-state index in [-0.39, 0.29) is 24.5 Å². The quantitative estimate of drug-likeness (QED) is 0.249. The molecule has 0 bridgehead atoms. The van der Waals surface area contributed by atoms with Crippen molar-refractivity contribution in [3.05, 3.63) is 69.0 Å². The van der Waals surface area contributed by atoms with Gasteiger partial charge in [-0.15, -0.1) is 0 Å². The zero-order valence-corrected chi connectivity index (χ0v) is 21.4. The Labute approximate surface area is 218 Å². The van der Waals surface area contributed by atoms with Crippen molar-refractivity contribution < 1.29 is 19.4 Å². The number of ether oxygens (including phenoxy) is 1. The van der Waals surface area contributed by atoms with Gasteiger partial charge in [-0.1, -0.05) is 32.0 Å². The summed E-state index contributed by atoms with van der Waals surface area (Å²) in [5, 5.41) is 16.8. The smallest absolute Gasteiger partial charge is 0.343 e. The number of aliphatic hydroxyl groups is 1. The van der Waals surface area contributed by atoms with E-state index in [2.05, 4.69) is 12.2 Å². The number of benzene rings is 2. The summed E-state index contributed by atoms with van der Waals surface area (Å²) < 4.78 is 6.84. The van der Waals surface area contributed by atoms with Crippen molar-refractivity contribution in [3.63, 3.8) is 0 Å². The summed E-state index contributed by atoms with van der Waals surface area (Å²) in [4.78, 5) is 43.4. The Bertz CT molecular complexity index is 1760. The number of nitrogens with zero attached hydrogens (tertiary/aromatic N) is 2. The zero-order chi connectivity index (χ0) is 26.9. The number of esters is 1. The number of carbonyl (C=O) groups excluding carboxylic acids is 2. The molecule has 9 heteroatoms. The molecular formula is C29H28N4O5. The van der Waals surface area contributed by atoms with Crippen LogP contribution in [0.2, 0.25) is 0 Å². The molecule has 1 amide bonds. The third-order valence-corrected chi connectivity index (χ3v) is 7.85. The molecule has 194 valence electrons. The molecular weight excluding hydrogens is 484 g/mol. The molecule has 2 aromatic carbocycles. The summed E-state index contributed by atoms with van der Waals surface area (Å²) in [6.07, 6.45) is 0.785. The fourth-order valence-corrected chi connectivity index (χ4v) is 5.78. The van der Waals surface area contributed by atoms with Gasteiger partial charge in [0.1, 0.15) is 6.61 Å². The highest BCUT2D eigenvalue weighted by Gasteiger charge is 2.45. The SMILES string of the molecule is CCc1c2c(nc3ccc4c(NC(=O)[C@H](C)N)cccc4c13)-c1cc3c(c(=O)n1C2)COC(=O)[C@]3(O)CC. The first-order valence-corrected chi connectivity index (χ1v) is 12.8. The molecule has 2 aliphatic rings. The number of nitrogens with two attached hydrogens (primary N) is 1. The molecule has 4 aromatic rings. The lowest BCUT2D eigenvalue weighted by atomic mass is 9.86. The van der Waals surface area contributed by atoms with Gasteiger partial charge < -0.3 is 25.5 Å². The maximum absolute atomic E-state index is 13.6. The van der Waals surface area contributed by atoms with Crippen LogP contribution in [-0.4, -0.2) is 32.6 Å². The van der Waals surface area contributed by atoms with Crippen LogP contribution in [0.25, 0.3) is 33.1 Å². The number of aryl methyl sites for hydroxylation is 1. The van der Waals surface area contributed by atoms with Gasteiger partial charge in [-0.25, -0.2) is 9.78 Å². The second-order valence-corrected chi connectivity index (χ2v) is 10.0. The van der Waals surface area contributed by atoms with E-state index in [4.69, 9.17) is 15.5 Å². The van der Waals surface area contributed by atoms with Gasteiger partial charge in [-0.05, 0) is 48.9 Å². The number of aromatic nitrogens is 2. The van der Waals surface area contributed by atoms with Gasteiger partial charge >= 0.3 is 5.97 Å². The summed E-state index contributed by atoms with van der Waals surface area (Å²) in [5.74, 6) is -1.01. The molecule has 0 fully saturated rings. The van der Waals surface area contributed by atoms with Gasteiger partial charge in [0.15, 0.2) is 5.60 Å². The van der Waals surface area contributed by atoms with E-state index in [1.165, 1.54) is 0 Å². The number of rotatable bonds is 4. The van der Waals surface area contributed by atoms with Crippen molar-refractivity contribution in [1.29, 1.82) is 0 Å². The minimum atomic E-state index is -1.87. The predicted molar refractivity (Wildman–Crippen MR) is 144 cm³/mol. The molecule has 9 nitrogen and oxygen atoms in total. The van der Waals surface area contributed by atoms with Gasteiger partial charge in [0, 0.05) is 27.6 Å². The molecule has 0 aliphatic carbocycles. The molecule has 38 heavy (non-hydrogen) atoms. The molecule has 2 aliphatic heterocycles. The first kappa shape index (κ1) is 24.3. The Morgan fingerprint density at radius 1 is 1.21 bits per heavy atom. The summed E-state index contributed by atoms with van der Waals surface area (Å²) in [7, 11) is 0. The number of hydrogen-bond donors (Lipinski definition) is 3. The average Bonchev–Trinajstić information content (AvgIpc) is 3.28. The monoisotopic (exact) mass is 512 g/mol. The van der Waals surface area contributed by atoms with Gasteiger partial charge in [-0.3, -0.25) is 9.59 Å². The van der Waals surface area contributed by atoms with E-state index in [9.17, 15) is 19.5 Å². The fraction of sp³-hybridized carbons (Fsp3) is 0.310. The van der Waals surface area contributed by atoms with Crippen LogP contribution in [0.5, 0.6) is 0 Å². The highest BCUT2D eigenvalue weighted by molar-refractivity contribution is 6.14. The number of fused-ring (bicyclic) bond motifs is 7. The normalized spacial score (nSPS) is 18.6. The van der Waals surface area contributed by atoms with Crippen LogP contribution in [0.15, 0.2) is 41.2 Å². The van der Waals surface area contributed by atoms with Crippen molar-refractivity contribution in [2.45, 2.75) is 58.4 Å². The van der Waals surface area contributed by atoms with Crippen molar-refractivity contribution in [2.75, 3.05) is 5.32 Å². The standard InChI is InChI=1S/C29H28N4O5/c1-4-15-18-12-33-23(11-20-19(27(33)35)13-38-28(36)29(20,37)5-2)25(18)31-22-10-9-16-17(24(15)22)7-6-8-21(16)32-26(34)14(3)30/h6-11,14,37H,4-5,12-13,30H2,1-3H3,(H,32,34)/t14-,29-/m0/s1. The number of anilines is 1. The second-order valence-electron chi connectivity index (χ2n) is 10.0. The number of pyridine rings is 2. The van der Waals surface area contributed by atoms with Gasteiger partial charge in [0.2, 0.25) is 5.91 Å². The second kappa shape index (κ2) is 8.47. The van der Waals surface area contributed by atoms with E-state index >= 15 is 0 Å². The van der Waals surface area contributed by atoms with Crippen molar-refractivity contribution in [2.24, 2.45) is 5.73 Å². The Morgan fingerprint density at radius 3 is 2.71 bits per heavy atom.